The van der Waals surface area contributed by atoms with E-state index < -0.39 is 0 Å². The molecule has 0 bridgehead atoms. The van der Waals surface area contributed by atoms with E-state index in [1.54, 1.807) is 0 Å². The zero-order valence-corrected chi connectivity index (χ0v) is 18.1. The third-order valence-corrected chi connectivity index (χ3v) is 6.66. The maximum absolute atomic E-state index is 5.89. The summed E-state index contributed by atoms with van der Waals surface area (Å²) in [5.41, 5.74) is 3.37. The summed E-state index contributed by atoms with van der Waals surface area (Å²) < 4.78 is 2.20. The average molecular weight is 418 g/mol. The first-order valence-electron chi connectivity index (χ1n) is 10.8. The minimum absolute atomic E-state index is 0.0136. The fourth-order valence-electron chi connectivity index (χ4n) is 4.88. The highest BCUT2D eigenvalue weighted by Gasteiger charge is 2.44. The third kappa shape index (κ3) is 3.49. The number of hydrogen-bond acceptors (Lipinski definition) is 3. The molecule has 3 aromatic rings. The van der Waals surface area contributed by atoms with Gasteiger partial charge in [0.15, 0.2) is 5.11 Å². The van der Waals surface area contributed by atoms with Crippen LogP contribution < -0.4 is 5.32 Å². The molecular weight excluding hydrogens is 390 g/mol. The van der Waals surface area contributed by atoms with Gasteiger partial charge in [-0.1, -0.05) is 31.4 Å². The van der Waals surface area contributed by atoms with Gasteiger partial charge < -0.3 is 14.8 Å². The number of rotatable bonds is 4. The second kappa shape index (κ2) is 8.19. The Morgan fingerprint density at radius 1 is 1.00 bits per heavy atom. The number of hydrogen-bond donors (Lipinski definition) is 1. The fourth-order valence-corrected chi connectivity index (χ4v) is 5.27. The number of aromatic nitrogens is 3. The molecule has 5 nitrogen and oxygen atoms in total. The standard InChI is InChI=1S/C24H27N5S/c1-17-12-13-21(26-16-17)28-15-7-11-20(28)23-22(19-10-5-6-14-25-19)27-24(30)29(23)18-8-3-2-4-9-18/h5-7,10-16,18,22-23H,2-4,8-9H2,1H3,(H,27,30)/t22-,23-/m0/s1. The lowest BCUT2D eigenvalue weighted by Gasteiger charge is -2.37. The van der Waals surface area contributed by atoms with Crippen LogP contribution in [0.5, 0.6) is 0 Å². The highest BCUT2D eigenvalue weighted by Crippen LogP contribution is 2.42. The molecule has 1 aliphatic carbocycles. The molecule has 2 atom stereocenters. The van der Waals surface area contributed by atoms with Crippen molar-refractivity contribution < 1.29 is 0 Å². The summed E-state index contributed by atoms with van der Waals surface area (Å²) in [5.74, 6) is 0.932. The van der Waals surface area contributed by atoms with Crippen LogP contribution in [0.4, 0.5) is 0 Å². The van der Waals surface area contributed by atoms with Gasteiger partial charge in [-0.2, -0.15) is 0 Å². The van der Waals surface area contributed by atoms with Gasteiger partial charge in [0, 0.05) is 30.3 Å². The maximum atomic E-state index is 5.89. The van der Waals surface area contributed by atoms with Crippen molar-refractivity contribution in [2.75, 3.05) is 0 Å². The van der Waals surface area contributed by atoms with Gasteiger partial charge in [0.1, 0.15) is 5.82 Å². The number of pyridine rings is 2. The van der Waals surface area contributed by atoms with Crippen LogP contribution in [0.3, 0.4) is 0 Å². The van der Waals surface area contributed by atoms with Gasteiger partial charge in [0.25, 0.3) is 0 Å². The van der Waals surface area contributed by atoms with E-state index in [9.17, 15) is 0 Å². The summed E-state index contributed by atoms with van der Waals surface area (Å²) in [6.07, 6.45) is 12.1. The lowest BCUT2D eigenvalue weighted by Crippen LogP contribution is -2.40. The Bertz CT molecular complexity index is 1010. The van der Waals surface area contributed by atoms with Crippen LogP contribution in [0.25, 0.3) is 5.82 Å². The van der Waals surface area contributed by atoms with Gasteiger partial charge in [-0.15, -0.1) is 0 Å². The number of nitrogens with one attached hydrogen (secondary N) is 1. The van der Waals surface area contributed by atoms with E-state index in [2.05, 4.69) is 68.2 Å². The molecule has 4 heterocycles. The number of thiocarbonyl (C=S) groups is 1. The van der Waals surface area contributed by atoms with Crippen LogP contribution in [0.2, 0.25) is 0 Å². The van der Waals surface area contributed by atoms with E-state index >= 15 is 0 Å². The predicted molar refractivity (Wildman–Crippen MR) is 122 cm³/mol. The largest absolute Gasteiger partial charge is 0.352 e. The minimum atomic E-state index is 0.0136. The number of nitrogens with zero attached hydrogens (tertiary/aromatic N) is 4. The molecule has 1 saturated carbocycles. The zero-order chi connectivity index (χ0) is 20.5. The normalized spacial score (nSPS) is 22.3. The summed E-state index contributed by atoms with van der Waals surface area (Å²) >= 11 is 5.89. The Morgan fingerprint density at radius 2 is 1.87 bits per heavy atom. The van der Waals surface area contributed by atoms with Gasteiger partial charge in [0.2, 0.25) is 0 Å². The Hall–Kier alpha value is -2.73. The summed E-state index contributed by atoms with van der Waals surface area (Å²) in [4.78, 5) is 11.8. The minimum Gasteiger partial charge on any atom is -0.352 e. The fraction of sp³-hybridized carbons (Fsp3) is 0.375. The van der Waals surface area contributed by atoms with Gasteiger partial charge in [0.05, 0.1) is 17.8 Å². The third-order valence-electron chi connectivity index (χ3n) is 6.33. The molecule has 154 valence electrons. The molecule has 5 rings (SSSR count). The van der Waals surface area contributed by atoms with E-state index in [-0.39, 0.29) is 12.1 Å². The molecule has 1 saturated heterocycles. The van der Waals surface area contributed by atoms with E-state index in [1.165, 1.54) is 37.8 Å². The van der Waals surface area contributed by atoms with Crippen molar-refractivity contribution in [2.24, 2.45) is 0 Å². The second-order valence-electron chi connectivity index (χ2n) is 8.32. The van der Waals surface area contributed by atoms with Gasteiger partial charge in [-0.25, -0.2) is 4.98 Å². The van der Waals surface area contributed by atoms with Gasteiger partial charge in [-0.3, -0.25) is 4.98 Å². The van der Waals surface area contributed by atoms with Crippen LogP contribution in [-0.2, 0) is 0 Å². The molecule has 1 N–H and O–H groups in total. The Balaban J connectivity index is 1.60. The first-order valence-corrected chi connectivity index (χ1v) is 11.2. The molecular formula is C24H27N5S. The number of aryl methyl sites for hydroxylation is 1. The summed E-state index contributed by atoms with van der Waals surface area (Å²) in [6.45, 7) is 2.06. The SMILES string of the molecule is Cc1ccc(-n2cccc2[C@H]2[C@H](c3ccccn3)NC(=S)N2C2CCCCC2)nc1. The van der Waals surface area contributed by atoms with E-state index in [0.717, 1.165) is 22.2 Å². The van der Waals surface area contributed by atoms with Crippen molar-refractivity contribution in [3.8, 4) is 5.82 Å². The van der Waals surface area contributed by atoms with Crippen LogP contribution in [0, 0.1) is 6.92 Å². The summed E-state index contributed by atoms with van der Waals surface area (Å²) in [6, 6.07) is 15.2. The molecule has 0 aromatic carbocycles. The highest BCUT2D eigenvalue weighted by molar-refractivity contribution is 7.80. The molecule has 1 aliphatic heterocycles. The van der Waals surface area contributed by atoms with Gasteiger partial charge in [-0.05, 0) is 67.9 Å². The van der Waals surface area contributed by atoms with E-state index in [1.807, 2.05) is 24.5 Å². The van der Waals surface area contributed by atoms with E-state index in [0.29, 0.717) is 6.04 Å². The molecule has 2 aliphatic rings. The molecule has 0 amide bonds. The first-order chi connectivity index (χ1) is 14.7. The highest BCUT2D eigenvalue weighted by atomic mass is 32.1. The molecule has 3 aromatic heterocycles. The summed E-state index contributed by atoms with van der Waals surface area (Å²) in [5, 5.41) is 4.44. The lowest BCUT2D eigenvalue weighted by molar-refractivity contribution is 0.193. The molecule has 0 unspecified atom stereocenters. The molecule has 6 heteroatoms. The Kier molecular flexibility index (Phi) is 5.25. The van der Waals surface area contributed by atoms with Crippen molar-refractivity contribution in [3.05, 3.63) is 78.0 Å². The van der Waals surface area contributed by atoms with Crippen molar-refractivity contribution in [3.63, 3.8) is 0 Å². The van der Waals surface area contributed by atoms with E-state index in [4.69, 9.17) is 12.2 Å². The van der Waals surface area contributed by atoms with Crippen LogP contribution in [-0.4, -0.2) is 30.6 Å². The molecule has 0 radical (unpaired) electrons. The Labute approximate surface area is 183 Å². The lowest BCUT2D eigenvalue weighted by atomic mass is 9.92. The first kappa shape index (κ1) is 19.2. The molecule has 0 spiro atoms. The summed E-state index contributed by atoms with van der Waals surface area (Å²) in [7, 11) is 0. The van der Waals surface area contributed by atoms with Crippen molar-refractivity contribution in [2.45, 2.75) is 57.2 Å². The maximum Gasteiger partial charge on any atom is 0.170 e. The molecule has 30 heavy (non-hydrogen) atoms. The second-order valence-corrected chi connectivity index (χ2v) is 8.71. The average Bonchev–Trinajstić information content (AvgIpc) is 3.40. The topological polar surface area (TPSA) is 46.0 Å². The van der Waals surface area contributed by atoms with Crippen LogP contribution in [0.1, 0.15) is 61.1 Å². The van der Waals surface area contributed by atoms with Crippen molar-refractivity contribution >= 4 is 17.3 Å². The van der Waals surface area contributed by atoms with Gasteiger partial charge >= 0.3 is 0 Å². The molecule has 2 fully saturated rings. The monoisotopic (exact) mass is 417 g/mol. The zero-order valence-electron chi connectivity index (χ0n) is 17.2. The Morgan fingerprint density at radius 3 is 2.60 bits per heavy atom. The van der Waals surface area contributed by atoms with Crippen LogP contribution >= 0.6 is 12.2 Å². The van der Waals surface area contributed by atoms with Crippen molar-refractivity contribution in [1.29, 1.82) is 0 Å². The predicted octanol–water partition coefficient (Wildman–Crippen LogP) is 4.88. The smallest absolute Gasteiger partial charge is 0.170 e. The quantitative estimate of drug-likeness (QED) is 0.613. The van der Waals surface area contributed by atoms with Crippen molar-refractivity contribution in [1.82, 2.24) is 24.8 Å². The van der Waals surface area contributed by atoms with Crippen LogP contribution in [0.15, 0.2) is 61.1 Å².